The lowest BCUT2D eigenvalue weighted by atomic mass is 10.1. The van der Waals surface area contributed by atoms with Crippen LogP contribution in [0.2, 0.25) is 0 Å². The van der Waals surface area contributed by atoms with Crippen molar-refractivity contribution in [3.05, 3.63) is 78.0 Å². The van der Waals surface area contributed by atoms with Crippen LogP contribution in [0.5, 0.6) is 11.5 Å². The molecule has 1 heterocycles. The van der Waals surface area contributed by atoms with Crippen LogP contribution in [0, 0.1) is 0 Å². The number of nitrogens with zero attached hydrogens (tertiary/aromatic N) is 1. The summed E-state index contributed by atoms with van der Waals surface area (Å²) in [6, 6.07) is 18.8. The van der Waals surface area contributed by atoms with Gasteiger partial charge in [-0.15, -0.1) is 0 Å². The van der Waals surface area contributed by atoms with Gasteiger partial charge in [0.1, 0.15) is 17.3 Å². The van der Waals surface area contributed by atoms with Gasteiger partial charge in [0, 0.05) is 18.4 Å². The lowest BCUT2D eigenvalue weighted by Crippen LogP contribution is -2.13. The molecule has 0 saturated carbocycles. The minimum Gasteiger partial charge on any atom is -0.496 e. The number of amides is 1. The number of rotatable bonds is 9. The second-order valence-electron chi connectivity index (χ2n) is 6.33. The van der Waals surface area contributed by atoms with E-state index in [0.717, 1.165) is 29.3 Å². The number of anilines is 2. The Morgan fingerprint density at radius 2 is 1.83 bits per heavy atom. The molecular weight excluding hydrogens is 366 g/mol. The Bertz CT molecular complexity index is 925. The van der Waals surface area contributed by atoms with E-state index in [1.165, 1.54) is 0 Å². The van der Waals surface area contributed by atoms with E-state index in [-0.39, 0.29) is 5.91 Å². The minimum absolute atomic E-state index is 0.206. The monoisotopic (exact) mass is 391 g/mol. The molecular formula is C23H25N3O3. The van der Waals surface area contributed by atoms with Crippen LogP contribution >= 0.6 is 0 Å². The summed E-state index contributed by atoms with van der Waals surface area (Å²) < 4.78 is 10.8. The number of aromatic nitrogens is 1. The highest BCUT2D eigenvalue weighted by Gasteiger charge is 2.07. The topological polar surface area (TPSA) is 72.5 Å². The molecule has 150 valence electrons. The molecule has 29 heavy (non-hydrogen) atoms. The number of hydrogen-bond donors (Lipinski definition) is 2. The Balaban J connectivity index is 1.52. The quantitative estimate of drug-likeness (QED) is 0.566. The number of carbonyl (C=O) groups is 1. The van der Waals surface area contributed by atoms with Crippen molar-refractivity contribution in [2.24, 2.45) is 0 Å². The Kier molecular flexibility index (Phi) is 7.05. The van der Waals surface area contributed by atoms with Gasteiger partial charge in [-0.05, 0) is 61.4 Å². The number of hydrogen-bond acceptors (Lipinski definition) is 5. The zero-order chi connectivity index (χ0) is 20.5. The Labute approximate surface area is 170 Å². The van der Waals surface area contributed by atoms with Crippen LogP contribution in [0.15, 0.2) is 66.9 Å². The van der Waals surface area contributed by atoms with Crippen molar-refractivity contribution in [1.29, 1.82) is 0 Å². The van der Waals surface area contributed by atoms with Gasteiger partial charge in [-0.2, -0.15) is 0 Å². The highest BCUT2D eigenvalue weighted by molar-refractivity contribution is 6.04. The molecule has 0 aliphatic rings. The van der Waals surface area contributed by atoms with Crippen LogP contribution in [0.3, 0.4) is 0 Å². The highest BCUT2D eigenvalue weighted by atomic mass is 16.5. The van der Waals surface area contributed by atoms with Gasteiger partial charge in [-0.3, -0.25) is 4.79 Å². The fourth-order valence-electron chi connectivity index (χ4n) is 2.87. The van der Waals surface area contributed by atoms with Gasteiger partial charge in [-0.25, -0.2) is 4.98 Å². The molecule has 0 saturated heterocycles. The van der Waals surface area contributed by atoms with Crippen molar-refractivity contribution in [2.75, 3.05) is 30.9 Å². The van der Waals surface area contributed by atoms with Crippen LogP contribution in [0.25, 0.3) is 0 Å². The fraction of sp³-hybridized carbons (Fsp3) is 0.217. The van der Waals surface area contributed by atoms with Crippen LogP contribution in [-0.4, -0.2) is 31.2 Å². The summed E-state index contributed by atoms with van der Waals surface area (Å²) in [7, 11) is 1.67. The van der Waals surface area contributed by atoms with Crippen molar-refractivity contribution in [1.82, 2.24) is 4.98 Å². The van der Waals surface area contributed by atoms with Crippen molar-refractivity contribution >= 4 is 17.4 Å². The summed E-state index contributed by atoms with van der Waals surface area (Å²) in [5.41, 5.74) is 2.33. The van der Waals surface area contributed by atoms with Crippen molar-refractivity contribution in [2.45, 2.75) is 13.3 Å². The third kappa shape index (κ3) is 5.72. The van der Waals surface area contributed by atoms with E-state index < -0.39 is 0 Å². The third-order valence-corrected chi connectivity index (χ3v) is 4.34. The Hall–Kier alpha value is -3.54. The van der Waals surface area contributed by atoms with E-state index in [1.807, 2.05) is 55.5 Å². The summed E-state index contributed by atoms with van der Waals surface area (Å²) >= 11 is 0. The molecule has 6 nitrogen and oxygen atoms in total. The predicted octanol–water partition coefficient (Wildman–Crippen LogP) is 4.40. The average molecular weight is 391 g/mol. The molecule has 0 unspecified atom stereocenters. The number of methoxy groups -OCH3 is 1. The molecule has 2 N–H and O–H groups in total. The first kappa shape index (κ1) is 20.2. The third-order valence-electron chi connectivity index (χ3n) is 4.34. The zero-order valence-corrected chi connectivity index (χ0v) is 16.6. The lowest BCUT2D eigenvalue weighted by molar-refractivity contribution is 0.102. The lowest BCUT2D eigenvalue weighted by Gasteiger charge is -2.10. The Morgan fingerprint density at radius 3 is 2.52 bits per heavy atom. The van der Waals surface area contributed by atoms with Crippen molar-refractivity contribution in [3.8, 4) is 11.5 Å². The molecule has 1 aromatic heterocycles. The smallest absolute Gasteiger partial charge is 0.257 e. The molecule has 2 aromatic carbocycles. The Morgan fingerprint density at radius 1 is 1.03 bits per heavy atom. The minimum atomic E-state index is -0.206. The first-order valence-electron chi connectivity index (χ1n) is 9.55. The number of benzene rings is 2. The molecule has 0 radical (unpaired) electrons. The van der Waals surface area contributed by atoms with Gasteiger partial charge >= 0.3 is 0 Å². The molecule has 0 spiro atoms. The summed E-state index contributed by atoms with van der Waals surface area (Å²) in [6.45, 7) is 3.25. The standard InChI is InChI=1S/C23H25N3O3/c1-3-29-20-11-9-19(10-12-20)26-23(27)18-8-13-22(25-16-18)24-15-14-17-6-4-5-7-21(17)28-2/h4-13,16H,3,14-15H2,1-2H3,(H,24,25)(H,26,27). The van der Waals surface area contributed by atoms with E-state index in [9.17, 15) is 4.79 Å². The highest BCUT2D eigenvalue weighted by Crippen LogP contribution is 2.18. The van der Waals surface area contributed by atoms with Crippen molar-refractivity contribution in [3.63, 3.8) is 0 Å². The van der Waals surface area contributed by atoms with E-state index in [0.29, 0.717) is 24.4 Å². The second kappa shape index (κ2) is 10.1. The summed E-state index contributed by atoms with van der Waals surface area (Å²) in [5, 5.41) is 6.12. The first-order chi connectivity index (χ1) is 14.2. The summed E-state index contributed by atoms with van der Waals surface area (Å²) in [6.07, 6.45) is 2.38. The summed E-state index contributed by atoms with van der Waals surface area (Å²) in [5.74, 6) is 2.17. The van der Waals surface area contributed by atoms with E-state index in [4.69, 9.17) is 9.47 Å². The van der Waals surface area contributed by atoms with Gasteiger partial charge in [0.15, 0.2) is 0 Å². The molecule has 1 amide bonds. The molecule has 0 bridgehead atoms. The molecule has 0 atom stereocenters. The number of para-hydroxylation sites is 1. The predicted molar refractivity (Wildman–Crippen MR) is 115 cm³/mol. The van der Waals surface area contributed by atoms with E-state index in [1.54, 1.807) is 25.4 Å². The van der Waals surface area contributed by atoms with Gasteiger partial charge in [0.25, 0.3) is 5.91 Å². The normalized spacial score (nSPS) is 10.3. The van der Waals surface area contributed by atoms with Crippen LogP contribution in [0.4, 0.5) is 11.5 Å². The van der Waals surface area contributed by atoms with E-state index >= 15 is 0 Å². The second-order valence-corrected chi connectivity index (χ2v) is 6.33. The fourth-order valence-corrected chi connectivity index (χ4v) is 2.87. The molecule has 0 aliphatic carbocycles. The molecule has 3 rings (SSSR count). The first-order valence-corrected chi connectivity index (χ1v) is 9.55. The maximum atomic E-state index is 12.4. The van der Waals surface area contributed by atoms with Gasteiger partial charge < -0.3 is 20.1 Å². The zero-order valence-electron chi connectivity index (χ0n) is 16.6. The largest absolute Gasteiger partial charge is 0.496 e. The molecule has 6 heteroatoms. The van der Waals surface area contributed by atoms with Crippen LogP contribution in [0.1, 0.15) is 22.8 Å². The van der Waals surface area contributed by atoms with Gasteiger partial charge in [0.05, 0.1) is 19.3 Å². The van der Waals surface area contributed by atoms with Gasteiger partial charge in [0.2, 0.25) is 0 Å². The summed E-state index contributed by atoms with van der Waals surface area (Å²) in [4.78, 5) is 16.7. The maximum absolute atomic E-state index is 12.4. The number of carbonyl (C=O) groups excluding carboxylic acids is 1. The number of pyridine rings is 1. The number of nitrogens with one attached hydrogen (secondary N) is 2. The molecule has 0 fully saturated rings. The van der Waals surface area contributed by atoms with Crippen molar-refractivity contribution < 1.29 is 14.3 Å². The average Bonchev–Trinajstić information content (AvgIpc) is 2.76. The van der Waals surface area contributed by atoms with Crippen LogP contribution in [-0.2, 0) is 6.42 Å². The molecule has 3 aromatic rings. The SMILES string of the molecule is CCOc1ccc(NC(=O)c2ccc(NCCc3ccccc3OC)nc2)cc1. The number of ether oxygens (including phenoxy) is 2. The van der Waals surface area contributed by atoms with Gasteiger partial charge in [-0.1, -0.05) is 18.2 Å². The molecule has 0 aliphatic heterocycles. The van der Waals surface area contributed by atoms with E-state index in [2.05, 4.69) is 15.6 Å². The van der Waals surface area contributed by atoms with Crippen LogP contribution < -0.4 is 20.1 Å². The maximum Gasteiger partial charge on any atom is 0.257 e.